The molecule has 1 N–H and O–H groups in total. The molecule has 0 radical (unpaired) electrons. The molecule has 0 unspecified atom stereocenters. The normalized spacial score (nSPS) is 10.6. The number of benzene rings is 1. The third-order valence-electron chi connectivity index (χ3n) is 1.75. The molecule has 0 aliphatic rings. The van der Waals surface area contributed by atoms with Crippen LogP contribution in [0.4, 0.5) is 0 Å². The van der Waals surface area contributed by atoms with Crippen LogP contribution >= 0.6 is 15.9 Å². The largest absolute Gasteiger partial charge is 0.492 e. The van der Waals surface area contributed by atoms with Crippen molar-refractivity contribution in [3.8, 4) is 5.75 Å². The Balaban J connectivity index is 2.69. The molecule has 0 fully saturated rings. The van der Waals surface area contributed by atoms with Crippen molar-refractivity contribution in [3.05, 3.63) is 28.2 Å². The van der Waals surface area contributed by atoms with Gasteiger partial charge in [0.2, 0.25) is 0 Å². The van der Waals surface area contributed by atoms with Crippen LogP contribution in [0.2, 0.25) is 0 Å². The number of hydrogen-bond acceptors (Lipinski definition) is 2. The summed E-state index contributed by atoms with van der Waals surface area (Å²) >= 11 is 3.40. The van der Waals surface area contributed by atoms with Gasteiger partial charge in [-0.2, -0.15) is 0 Å². The van der Waals surface area contributed by atoms with Crippen LogP contribution in [-0.4, -0.2) is 11.7 Å². The Labute approximate surface area is 93.0 Å². The van der Waals surface area contributed by atoms with Crippen LogP contribution in [0.5, 0.6) is 5.75 Å². The van der Waals surface area contributed by atoms with Gasteiger partial charge in [0.25, 0.3) is 0 Å². The number of aliphatic hydroxyl groups excluding tert-OH is 1. The molecule has 3 heteroatoms. The Morgan fingerprint density at radius 2 is 2.14 bits per heavy atom. The van der Waals surface area contributed by atoms with Crippen LogP contribution in [0, 0.1) is 5.92 Å². The number of hydrogen-bond donors (Lipinski definition) is 1. The van der Waals surface area contributed by atoms with E-state index in [0.717, 1.165) is 15.8 Å². The van der Waals surface area contributed by atoms with Crippen LogP contribution in [-0.2, 0) is 6.61 Å². The lowest BCUT2D eigenvalue weighted by Gasteiger charge is -2.10. The van der Waals surface area contributed by atoms with E-state index in [-0.39, 0.29) is 6.61 Å². The minimum Gasteiger partial charge on any atom is -0.492 e. The van der Waals surface area contributed by atoms with Crippen LogP contribution in [0.3, 0.4) is 0 Å². The third-order valence-corrected chi connectivity index (χ3v) is 2.37. The maximum Gasteiger partial charge on any atom is 0.133 e. The monoisotopic (exact) mass is 258 g/mol. The van der Waals surface area contributed by atoms with Gasteiger partial charge < -0.3 is 9.84 Å². The first kappa shape index (κ1) is 11.5. The van der Waals surface area contributed by atoms with Crippen molar-refractivity contribution in [2.45, 2.75) is 20.5 Å². The summed E-state index contributed by atoms with van der Waals surface area (Å²) in [5.74, 6) is 1.34. The first-order valence-corrected chi connectivity index (χ1v) is 5.45. The molecule has 0 saturated carbocycles. The fraction of sp³-hybridized carbons (Fsp3) is 0.455. The van der Waals surface area contributed by atoms with Gasteiger partial charge in [0.15, 0.2) is 0 Å². The van der Waals surface area contributed by atoms with Crippen molar-refractivity contribution in [1.29, 1.82) is 0 Å². The fourth-order valence-electron chi connectivity index (χ4n) is 1.02. The molecule has 78 valence electrons. The van der Waals surface area contributed by atoms with Gasteiger partial charge in [-0.1, -0.05) is 19.9 Å². The molecule has 2 nitrogen and oxygen atoms in total. The molecule has 0 amide bonds. The average molecular weight is 259 g/mol. The van der Waals surface area contributed by atoms with Crippen molar-refractivity contribution >= 4 is 15.9 Å². The molecule has 0 heterocycles. The van der Waals surface area contributed by atoms with Crippen molar-refractivity contribution in [2.24, 2.45) is 5.92 Å². The van der Waals surface area contributed by atoms with E-state index >= 15 is 0 Å². The lowest BCUT2D eigenvalue weighted by Crippen LogP contribution is -2.04. The summed E-state index contributed by atoms with van der Waals surface area (Å²) < 4.78 is 6.46. The van der Waals surface area contributed by atoms with E-state index in [0.29, 0.717) is 12.5 Å². The summed E-state index contributed by atoms with van der Waals surface area (Å²) in [6.45, 7) is 4.98. The van der Waals surface area contributed by atoms with Gasteiger partial charge in [0, 0.05) is 0 Å². The first-order chi connectivity index (χ1) is 6.63. The van der Waals surface area contributed by atoms with E-state index in [2.05, 4.69) is 29.8 Å². The zero-order valence-corrected chi connectivity index (χ0v) is 10.0. The zero-order chi connectivity index (χ0) is 10.6. The highest BCUT2D eigenvalue weighted by Gasteiger charge is 2.03. The number of halogens is 1. The molecule has 0 atom stereocenters. The van der Waals surface area contributed by atoms with Gasteiger partial charge in [-0.05, 0) is 39.5 Å². The summed E-state index contributed by atoms with van der Waals surface area (Å²) in [6.07, 6.45) is 0. The molecule has 0 aliphatic heterocycles. The molecule has 1 aromatic rings. The molecular weight excluding hydrogens is 244 g/mol. The summed E-state index contributed by atoms with van der Waals surface area (Å²) in [5.41, 5.74) is 0.883. The fourth-order valence-corrected chi connectivity index (χ4v) is 1.56. The van der Waals surface area contributed by atoms with Crippen molar-refractivity contribution in [1.82, 2.24) is 0 Å². The van der Waals surface area contributed by atoms with E-state index in [1.807, 2.05) is 18.2 Å². The number of rotatable bonds is 4. The van der Waals surface area contributed by atoms with Gasteiger partial charge in [-0.25, -0.2) is 0 Å². The highest BCUT2D eigenvalue weighted by atomic mass is 79.9. The Morgan fingerprint density at radius 1 is 1.43 bits per heavy atom. The average Bonchev–Trinajstić information content (AvgIpc) is 2.15. The summed E-state index contributed by atoms with van der Waals surface area (Å²) in [6, 6.07) is 5.61. The van der Waals surface area contributed by atoms with Gasteiger partial charge in [0.1, 0.15) is 5.75 Å². The quantitative estimate of drug-likeness (QED) is 0.900. The Kier molecular flexibility index (Phi) is 4.42. The van der Waals surface area contributed by atoms with Gasteiger partial charge in [-0.15, -0.1) is 0 Å². The molecule has 0 bridgehead atoms. The van der Waals surface area contributed by atoms with Crippen molar-refractivity contribution in [3.63, 3.8) is 0 Å². The van der Waals surface area contributed by atoms with Gasteiger partial charge in [-0.3, -0.25) is 0 Å². The third kappa shape index (κ3) is 3.31. The SMILES string of the molecule is CC(C)COc1ccc(CO)cc1Br. The summed E-state index contributed by atoms with van der Waals surface area (Å²) in [4.78, 5) is 0. The molecule has 0 saturated heterocycles. The lowest BCUT2D eigenvalue weighted by molar-refractivity contribution is 0.267. The minimum atomic E-state index is 0.0586. The van der Waals surface area contributed by atoms with Crippen LogP contribution in [0.1, 0.15) is 19.4 Å². The summed E-state index contributed by atoms with van der Waals surface area (Å²) in [7, 11) is 0. The highest BCUT2D eigenvalue weighted by Crippen LogP contribution is 2.26. The second-order valence-electron chi connectivity index (χ2n) is 3.63. The van der Waals surface area contributed by atoms with Gasteiger partial charge >= 0.3 is 0 Å². The Hall–Kier alpha value is -0.540. The molecule has 0 aliphatic carbocycles. The van der Waals surface area contributed by atoms with Crippen LogP contribution < -0.4 is 4.74 Å². The lowest BCUT2D eigenvalue weighted by atomic mass is 10.2. The standard InChI is InChI=1S/C11H15BrO2/c1-8(2)7-14-11-4-3-9(6-13)5-10(11)12/h3-5,8,13H,6-7H2,1-2H3. The minimum absolute atomic E-state index is 0.0586. The molecular formula is C11H15BrO2. The number of aliphatic hydroxyl groups is 1. The Morgan fingerprint density at radius 3 is 2.64 bits per heavy atom. The Bertz CT molecular complexity index is 297. The highest BCUT2D eigenvalue weighted by molar-refractivity contribution is 9.10. The molecule has 14 heavy (non-hydrogen) atoms. The first-order valence-electron chi connectivity index (χ1n) is 4.65. The zero-order valence-electron chi connectivity index (χ0n) is 8.46. The molecule has 1 rings (SSSR count). The number of ether oxygens (including phenoxy) is 1. The predicted molar refractivity (Wildman–Crippen MR) is 60.4 cm³/mol. The van der Waals surface area contributed by atoms with E-state index in [1.54, 1.807) is 0 Å². The van der Waals surface area contributed by atoms with E-state index in [4.69, 9.17) is 9.84 Å². The second kappa shape index (κ2) is 5.37. The van der Waals surface area contributed by atoms with Crippen LogP contribution in [0.15, 0.2) is 22.7 Å². The van der Waals surface area contributed by atoms with Crippen LogP contribution in [0.25, 0.3) is 0 Å². The van der Waals surface area contributed by atoms with E-state index < -0.39 is 0 Å². The maximum atomic E-state index is 8.91. The summed E-state index contributed by atoms with van der Waals surface area (Å²) in [5, 5.41) is 8.91. The van der Waals surface area contributed by atoms with Crippen molar-refractivity contribution < 1.29 is 9.84 Å². The van der Waals surface area contributed by atoms with Gasteiger partial charge in [0.05, 0.1) is 17.7 Å². The molecule has 1 aromatic carbocycles. The van der Waals surface area contributed by atoms with E-state index in [9.17, 15) is 0 Å². The molecule has 0 aromatic heterocycles. The van der Waals surface area contributed by atoms with E-state index in [1.165, 1.54) is 0 Å². The molecule has 0 spiro atoms. The second-order valence-corrected chi connectivity index (χ2v) is 4.48. The topological polar surface area (TPSA) is 29.5 Å². The smallest absolute Gasteiger partial charge is 0.133 e. The maximum absolute atomic E-state index is 8.91. The predicted octanol–water partition coefficient (Wildman–Crippen LogP) is 2.98. The van der Waals surface area contributed by atoms with Crippen molar-refractivity contribution in [2.75, 3.05) is 6.61 Å².